The van der Waals surface area contributed by atoms with Gasteiger partial charge in [0.05, 0.1) is 10.8 Å². The summed E-state index contributed by atoms with van der Waals surface area (Å²) in [5, 5.41) is 10.9. The van der Waals surface area contributed by atoms with E-state index in [0.29, 0.717) is 32.7 Å². The summed E-state index contributed by atoms with van der Waals surface area (Å²) < 4.78 is 11.1. The number of fused-ring (bicyclic) bond motifs is 1. The summed E-state index contributed by atoms with van der Waals surface area (Å²) in [4.78, 5) is 25.3. The first-order chi connectivity index (χ1) is 9.65. The topological polar surface area (TPSA) is 76.1 Å². The van der Waals surface area contributed by atoms with E-state index in [1.807, 2.05) is 5.38 Å². The third-order valence-electron chi connectivity index (χ3n) is 3.55. The fourth-order valence-electron chi connectivity index (χ4n) is 2.48. The van der Waals surface area contributed by atoms with Crippen LogP contribution in [0.1, 0.15) is 11.3 Å². The minimum absolute atomic E-state index is 0.0833. The first-order valence-corrected chi connectivity index (χ1v) is 7.39. The predicted molar refractivity (Wildman–Crippen MR) is 71.3 cm³/mol. The fourth-order valence-corrected chi connectivity index (χ4v) is 3.38. The zero-order valence-corrected chi connectivity index (χ0v) is 11.6. The summed E-state index contributed by atoms with van der Waals surface area (Å²) in [5.74, 6) is 0.000467. The quantitative estimate of drug-likeness (QED) is 0.897. The second-order valence-corrected chi connectivity index (χ2v) is 5.84. The summed E-state index contributed by atoms with van der Waals surface area (Å²) in [6.45, 7) is 1.94. The highest BCUT2D eigenvalue weighted by Gasteiger charge is 2.34. The summed E-state index contributed by atoms with van der Waals surface area (Å²) in [6.07, 6.45) is 0.777. The molecule has 0 aromatic carbocycles. The van der Waals surface area contributed by atoms with Crippen molar-refractivity contribution in [2.24, 2.45) is 5.92 Å². The van der Waals surface area contributed by atoms with E-state index in [-0.39, 0.29) is 12.3 Å². The Bertz CT molecular complexity index is 541. The summed E-state index contributed by atoms with van der Waals surface area (Å²) in [5.41, 5.74) is 0. The Morgan fingerprint density at radius 2 is 2.25 bits per heavy atom. The van der Waals surface area contributed by atoms with Gasteiger partial charge in [0.1, 0.15) is 13.2 Å². The zero-order valence-electron chi connectivity index (χ0n) is 10.8. The molecule has 20 heavy (non-hydrogen) atoms. The van der Waals surface area contributed by atoms with Gasteiger partial charge in [0, 0.05) is 31.3 Å². The van der Waals surface area contributed by atoms with Gasteiger partial charge in [-0.25, -0.2) is 0 Å². The average molecular weight is 297 g/mol. The number of rotatable bonds is 4. The van der Waals surface area contributed by atoms with Crippen molar-refractivity contribution in [2.75, 3.05) is 26.3 Å². The summed E-state index contributed by atoms with van der Waals surface area (Å²) >= 11 is 1.55. The first kappa shape index (κ1) is 13.2. The van der Waals surface area contributed by atoms with Crippen LogP contribution in [0, 0.1) is 5.92 Å². The van der Waals surface area contributed by atoms with E-state index in [1.165, 1.54) is 0 Å². The van der Waals surface area contributed by atoms with E-state index in [0.717, 1.165) is 16.4 Å². The molecule has 0 radical (unpaired) electrons. The van der Waals surface area contributed by atoms with Crippen molar-refractivity contribution in [3.8, 4) is 11.5 Å². The van der Waals surface area contributed by atoms with Crippen LogP contribution in [0.2, 0.25) is 0 Å². The Morgan fingerprint density at radius 1 is 1.45 bits per heavy atom. The van der Waals surface area contributed by atoms with E-state index in [1.54, 1.807) is 16.2 Å². The van der Waals surface area contributed by atoms with E-state index in [2.05, 4.69) is 0 Å². The van der Waals surface area contributed by atoms with Crippen LogP contribution in [0.15, 0.2) is 5.38 Å². The van der Waals surface area contributed by atoms with Crippen LogP contribution in [0.5, 0.6) is 11.5 Å². The molecule has 1 N–H and O–H groups in total. The molecule has 0 bridgehead atoms. The van der Waals surface area contributed by atoms with Gasteiger partial charge in [0.2, 0.25) is 5.91 Å². The van der Waals surface area contributed by atoms with Gasteiger partial charge in [-0.1, -0.05) is 0 Å². The molecule has 2 aliphatic rings. The van der Waals surface area contributed by atoms with Crippen LogP contribution in [0.25, 0.3) is 0 Å². The maximum Gasteiger partial charge on any atom is 0.308 e. The number of carboxylic acid groups (broad SMARTS) is 1. The van der Waals surface area contributed by atoms with Crippen LogP contribution in [-0.2, 0) is 16.0 Å². The number of carboxylic acids is 1. The van der Waals surface area contributed by atoms with Gasteiger partial charge in [0.15, 0.2) is 11.5 Å². The molecule has 7 heteroatoms. The lowest BCUT2D eigenvalue weighted by molar-refractivity contribution is -0.141. The van der Waals surface area contributed by atoms with Crippen molar-refractivity contribution in [2.45, 2.75) is 12.8 Å². The van der Waals surface area contributed by atoms with Crippen molar-refractivity contribution in [1.82, 2.24) is 4.90 Å². The molecule has 0 spiro atoms. The van der Waals surface area contributed by atoms with Gasteiger partial charge in [-0.15, -0.1) is 11.3 Å². The van der Waals surface area contributed by atoms with Crippen LogP contribution >= 0.6 is 11.3 Å². The molecular formula is C13H15NO5S. The molecule has 2 aliphatic heterocycles. The third-order valence-corrected chi connectivity index (χ3v) is 4.55. The monoisotopic (exact) mass is 297 g/mol. The van der Waals surface area contributed by atoms with Gasteiger partial charge in [-0.2, -0.15) is 0 Å². The highest BCUT2D eigenvalue weighted by molar-refractivity contribution is 7.10. The first-order valence-electron chi connectivity index (χ1n) is 6.51. The summed E-state index contributed by atoms with van der Waals surface area (Å²) in [7, 11) is 0. The molecule has 1 amide bonds. The number of nitrogens with zero attached hydrogens (tertiary/aromatic N) is 1. The minimum Gasteiger partial charge on any atom is -0.485 e. The molecule has 1 aromatic heterocycles. The molecule has 1 aromatic rings. The second kappa shape index (κ2) is 5.32. The van der Waals surface area contributed by atoms with Crippen molar-refractivity contribution in [3.63, 3.8) is 0 Å². The molecule has 6 nitrogen and oxygen atoms in total. The Hall–Kier alpha value is -1.76. The van der Waals surface area contributed by atoms with Crippen LogP contribution < -0.4 is 9.47 Å². The van der Waals surface area contributed by atoms with Gasteiger partial charge in [-0.3, -0.25) is 9.59 Å². The molecule has 1 fully saturated rings. The Kier molecular flexibility index (Phi) is 3.52. The molecule has 108 valence electrons. The lowest BCUT2D eigenvalue weighted by atomic mass is 10.1. The van der Waals surface area contributed by atoms with E-state index in [9.17, 15) is 9.59 Å². The molecule has 1 atom stereocenters. The molecule has 1 saturated heterocycles. The molecule has 0 aliphatic carbocycles. The average Bonchev–Trinajstić information content (AvgIpc) is 3.00. The molecule has 1 unspecified atom stereocenters. The smallest absolute Gasteiger partial charge is 0.308 e. The van der Waals surface area contributed by atoms with Crippen molar-refractivity contribution < 1.29 is 24.2 Å². The minimum atomic E-state index is -0.897. The number of carbonyl (C=O) groups is 2. The summed E-state index contributed by atoms with van der Waals surface area (Å²) in [6, 6.07) is 0. The second-order valence-electron chi connectivity index (χ2n) is 4.88. The van der Waals surface area contributed by atoms with Crippen LogP contribution in [-0.4, -0.2) is 48.2 Å². The zero-order chi connectivity index (χ0) is 14.1. The van der Waals surface area contributed by atoms with Crippen molar-refractivity contribution >= 4 is 23.2 Å². The number of amides is 1. The predicted octanol–water partition coefficient (Wildman–Crippen LogP) is 0.995. The van der Waals surface area contributed by atoms with E-state index >= 15 is 0 Å². The Labute approximate surface area is 119 Å². The number of carbonyl (C=O) groups excluding carboxylic acids is 1. The van der Waals surface area contributed by atoms with Crippen molar-refractivity contribution in [1.29, 1.82) is 0 Å². The number of ether oxygens (including phenoxy) is 2. The number of hydrogen-bond acceptors (Lipinski definition) is 5. The number of hydrogen-bond donors (Lipinski definition) is 1. The van der Waals surface area contributed by atoms with Gasteiger partial charge < -0.3 is 19.5 Å². The molecule has 0 saturated carbocycles. The number of likely N-dealkylation sites (tertiary alicyclic amines) is 1. The van der Waals surface area contributed by atoms with E-state index < -0.39 is 11.9 Å². The molecule has 3 heterocycles. The lowest BCUT2D eigenvalue weighted by Crippen LogP contribution is -2.28. The standard InChI is InChI=1S/C13H15NO5S/c15-11-5-8(13(16)17)6-14(11)2-1-10-12-9(7-20-10)18-3-4-19-12/h7-8H,1-6H2,(H,16,17). The van der Waals surface area contributed by atoms with Gasteiger partial charge in [-0.05, 0) is 0 Å². The van der Waals surface area contributed by atoms with Crippen molar-refractivity contribution in [3.05, 3.63) is 10.3 Å². The Morgan fingerprint density at radius 3 is 3.00 bits per heavy atom. The number of aliphatic carboxylic acids is 1. The third kappa shape index (κ3) is 2.45. The Balaban J connectivity index is 1.61. The fraction of sp³-hybridized carbons (Fsp3) is 0.538. The highest BCUT2D eigenvalue weighted by Crippen LogP contribution is 2.39. The maximum absolute atomic E-state index is 11.7. The maximum atomic E-state index is 11.7. The van der Waals surface area contributed by atoms with Gasteiger partial charge in [0.25, 0.3) is 0 Å². The largest absolute Gasteiger partial charge is 0.485 e. The van der Waals surface area contributed by atoms with Crippen LogP contribution in [0.4, 0.5) is 0 Å². The molecular weight excluding hydrogens is 282 g/mol. The number of thiophene rings is 1. The SMILES string of the molecule is O=C(O)C1CC(=O)N(CCc2scc3c2OCCO3)C1. The molecule has 3 rings (SSSR count). The van der Waals surface area contributed by atoms with Gasteiger partial charge >= 0.3 is 5.97 Å². The van der Waals surface area contributed by atoms with E-state index in [4.69, 9.17) is 14.6 Å². The lowest BCUT2D eigenvalue weighted by Gasteiger charge is -2.18. The van der Waals surface area contributed by atoms with Crippen LogP contribution in [0.3, 0.4) is 0 Å². The normalized spacial score (nSPS) is 21.3. The highest BCUT2D eigenvalue weighted by atomic mass is 32.1.